The highest BCUT2D eigenvalue weighted by atomic mass is 32.1. The maximum Gasteiger partial charge on any atom is 0.350 e. The standard InChI is InChI=1S/C15H13NO2S2/c1-3-18-15(17)13-9(2)16-14(20-13)12-8-10-6-4-5-7-11(10)19-12/h4-8H,3H2,1-2H3. The molecule has 0 fully saturated rings. The van der Waals surface area contributed by atoms with E-state index in [9.17, 15) is 4.79 Å². The van der Waals surface area contributed by atoms with Gasteiger partial charge in [-0.25, -0.2) is 9.78 Å². The normalized spacial score (nSPS) is 10.9. The molecule has 0 aliphatic rings. The van der Waals surface area contributed by atoms with Crippen LogP contribution in [0.15, 0.2) is 30.3 Å². The molecular formula is C15H13NO2S2. The van der Waals surface area contributed by atoms with Crippen LogP contribution in [0.4, 0.5) is 0 Å². The van der Waals surface area contributed by atoms with Crippen molar-refractivity contribution >= 4 is 38.7 Å². The van der Waals surface area contributed by atoms with Crippen molar-refractivity contribution in [1.29, 1.82) is 0 Å². The van der Waals surface area contributed by atoms with E-state index in [-0.39, 0.29) is 5.97 Å². The molecule has 0 amide bonds. The van der Waals surface area contributed by atoms with Crippen LogP contribution in [0.2, 0.25) is 0 Å². The third-order valence-corrected chi connectivity index (χ3v) is 5.32. The number of thiazole rings is 1. The van der Waals surface area contributed by atoms with E-state index in [4.69, 9.17) is 4.74 Å². The molecule has 0 unspecified atom stereocenters. The Kier molecular flexibility index (Phi) is 3.54. The Bertz CT molecular complexity index is 740. The molecule has 0 saturated carbocycles. The van der Waals surface area contributed by atoms with Crippen LogP contribution in [0, 0.1) is 6.92 Å². The number of benzene rings is 1. The lowest BCUT2D eigenvalue weighted by Crippen LogP contribution is -2.03. The van der Waals surface area contributed by atoms with Gasteiger partial charge in [0.2, 0.25) is 0 Å². The number of carbonyl (C=O) groups excluding carboxylic acids is 1. The van der Waals surface area contributed by atoms with Gasteiger partial charge in [0, 0.05) is 4.70 Å². The lowest BCUT2D eigenvalue weighted by molar-refractivity contribution is 0.0531. The van der Waals surface area contributed by atoms with Gasteiger partial charge in [-0.05, 0) is 31.4 Å². The van der Waals surface area contributed by atoms with Crippen LogP contribution in [-0.4, -0.2) is 17.6 Å². The molecule has 20 heavy (non-hydrogen) atoms. The topological polar surface area (TPSA) is 39.2 Å². The van der Waals surface area contributed by atoms with Crippen molar-refractivity contribution in [2.45, 2.75) is 13.8 Å². The Morgan fingerprint density at radius 2 is 2.10 bits per heavy atom. The second kappa shape index (κ2) is 5.34. The minimum atomic E-state index is -0.283. The molecule has 3 aromatic rings. The summed E-state index contributed by atoms with van der Waals surface area (Å²) in [6.07, 6.45) is 0. The lowest BCUT2D eigenvalue weighted by atomic mass is 10.2. The molecule has 0 radical (unpaired) electrons. The summed E-state index contributed by atoms with van der Waals surface area (Å²) in [5.41, 5.74) is 0.737. The number of nitrogens with zero attached hydrogens (tertiary/aromatic N) is 1. The Morgan fingerprint density at radius 3 is 2.85 bits per heavy atom. The SMILES string of the molecule is CCOC(=O)c1sc(-c2cc3ccccc3s2)nc1C. The van der Waals surface area contributed by atoms with Crippen molar-refractivity contribution in [2.24, 2.45) is 0 Å². The summed E-state index contributed by atoms with van der Waals surface area (Å²) in [4.78, 5) is 18.0. The van der Waals surface area contributed by atoms with Crippen molar-refractivity contribution in [3.05, 3.63) is 40.9 Å². The van der Waals surface area contributed by atoms with Crippen molar-refractivity contribution in [3.8, 4) is 9.88 Å². The first-order chi connectivity index (χ1) is 9.69. The number of hydrogen-bond donors (Lipinski definition) is 0. The molecule has 0 saturated heterocycles. The predicted molar refractivity (Wildman–Crippen MR) is 83.6 cm³/mol. The Hall–Kier alpha value is -1.72. The first kappa shape index (κ1) is 13.3. The average molecular weight is 303 g/mol. The molecule has 2 aromatic heterocycles. The molecule has 102 valence electrons. The highest BCUT2D eigenvalue weighted by Crippen LogP contribution is 2.36. The third-order valence-electron chi connectivity index (χ3n) is 2.89. The largest absolute Gasteiger partial charge is 0.462 e. The molecule has 5 heteroatoms. The first-order valence-electron chi connectivity index (χ1n) is 6.32. The zero-order chi connectivity index (χ0) is 14.1. The zero-order valence-corrected chi connectivity index (χ0v) is 12.8. The van der Waals surface area contributed by atoms with Gasteiger partial charge in [-0.15, -0.1) is 22.7 Å². The van der Waals surface area contributed by atoms with Gasteiger partial charge in [-0.3, -0.25) is 0 Å². The van der Waals surface area contributed by atoms with Crippen LogP contribution >= 0.6 is 22.7 Å². The van der Waals surface area contributed by atoms with Crippen molar-refractivity contribution in [1.82, 2.24) is 4.98 Å². The van der Waals surface area contributed by atoms with Gasteiger partial charge in [0.25, 0.3) is 0 Å². The van der Waals surface area contributed by atoms with E-state index in [0.717, 1.165) is 15.6 Å². The van der Waals surface area contributed by atoms with Gasteiger partial charge in [0.1, 0.15) is 9.88 Å². The quantitative estimate of drug-likeness (QED) is 0.668. The van der Waals surface area contributed by atoms with E-state index in [1.165, 1.54) is 21.4 Å². The number of esters is 1. The number of fused-ring (bicyclic) bond motifs is 1. The molecule has 2 heterocycles. The molecule has 0 bridgehead atoms. The number of hydrogen-bond acceptors (Lipinski definition) is 5. The monoisotopic (exact) mass is 303 g/mol. The smallest absolute Gasteiger partial charge is 0.350 e. The lowest BCUT2D eigenvalue weighted by Gasteiger charge is -1.97. The van der Waals surface area contributed by atoms with Crippen LogP contribution in [0.1, 0.15) is 22.3 Å². The maximum atomic E-state index is 11.8. The summed E-state index contributed by atoms with van der Waals surface area (Å²) in [5.74, 6) is -0.283. The van der Waals surface area contributed by atoms with E-state index < -0.39 is 0 Å². The Balaban J connectivity index is 2.02. The maximum absolute atomic E-state index is 11.8. The van der Waals surface area contributed by atoms with E-state index >= 15 is 0 Å². The summed E-state index contributed by atoms with van der Waals surface area (Å²) >= 11 is 3.09. The number of aryl methyl sites for hydroxylation is 1. The first-order valence-corrected chi connectivity index (χ1v) is 7.96. The molecule has 0 N–H and O–H groups in total. The van der Waals surface area contributed by atoms with Gasteiger partial charge >= 0.3 is 5.97 Å². The average Bonchev–Trinajstić information content (AvgIpc) is 3.02. The van der Waals surface area contributed by atoms with Crippen LogP contribution < -0.4 is 0 Å². The number of rotatable bonds is 3. The number of aromatic nitrogens is 1. The molecule has 1 aromatic carbocycles. The minimum absolute atomic E-state index is 0.283. The predicted octanol–water partition coefficient (Wildman–Crippen LogP) is 4.51. The minimum Gasteiger partial charge on any atom is -0.462 e. The van der Waals surface area contributed by atoms with Gasteiger partial charge in [-0.1, -0.05) is 18.2 Å². The molecule has 3 rings (SSSR count). The van der Waals surface area contributed by atoms with Crippen molar-refractivity contribution in [2.75, 3.05) is 6.61 Å². The highest BCUT2D eigenvalue weighted by molar-refractivity contribution is 7.26. The van der Waals surface area contributed by atoms with Crippen LogP contribution in [-0.2, 0) is 4.74 Å². The fourth-order valence-corrected chi connectivity index (χ4v) is 4.04. The Morgan fingerprint density at radius 1 is 1.30 bits per heavy atom. The van der Waals surface area contributed by atoms with E-state index in [0.29, 0.717) is 11.5 Å². The summed E-state index contributed by atoms with van der Waals surface area (Å²) in [6, 6.07) is 10.3. The summed E-state index contributed by atoms with van der Waals surface area (Å²) in [7, 11) is 0. The van der Waals surface area contributed by atoms with E-state index in [2.05, 4.69) is 23.2 Å². The van der Waals surface area contributed by atoms with Crippen LogP contribution in [0.25, 0.3) is 20.0 Å². The molecule has 0 atom stereocenters. The number of carbonyl (C=O) groups is 1. The van der Waals surface area contributed by atoms with Crippen LogP contribution in [0.3, 0.4) is 0 Å². The summed E-state index contributed by atoms with van der Waals surface area (Å²) in [6.45, 7) is 4.04. The van der Waals surface area contributed by atoms with Gasteiger partial charge in [0.15, 0.2) is 0 Å². The number of ether oxygens (including phenoxy) is 1. The van der Waals surface area contributed by atoms with Gasteiger partial charge < -0.3 is 4.74 Å². The van der Waals surface area contributed by atoms with Crippen molar-refractivity contribution in [3.63, 3.8) is 0 Å². The molecular weight excluding hydrogens is 290 g/mol. The summed E-state index contributed by atoms with van der Waals surface area (Å²) < 4.78 is 6.28. The van der Waals surface area contributed by atoms with E-state index in [1.54, 1.807) is 18.3 Å². The molecule has 0 aliphatic heterocycles. The highest BCUT2D eigenvalue weighted by Gasteiger charge is 2.18. The zero-order valence-electron chi connectivity index (χ0n) is 11.2. The molecule has 0 spiro atoms. The van der Waals surface area contributed by atoms with Crippen molar-refractivity contribution < 1.29 is 9.53 Å². The molecule has 0 aliphatic carbocycles. The van der Waals surface area contributed by atoms with Gasteiger partial charge in [-0.2, -0.15) is 0 Å². The van der Waals surface area contributed by atoms with Crippen LogP contribution in [0.5, 0.6) is 0 Å². The fourth-order valence-electron chi connectivity index (χ4n) is 1.98. The van der Waals surface area contributed by atoms with Gasteiger partial charge in [0.05, 0.1) is 17.2 Å². The fraction of sp³-hybridized carbons (Fsp3) is 0.200. The third kappa shape index (κ3) is 2.34. The second-order valence-corrected chi connectivity index (χ2v) is 6.39. The summed E-state index contributed by atoms with van der Waals surface area (Å²) in [5, 5.41) is 2.09. The van der Waals surface area contributed by atoms with E-state index in [1.807, 2.05) is 19.1 Å². The molecule has 3 nitrogen and oxygen atoms in total. The Labute approximate surface area is 124 Å². The number of thiophene rings is 1. The second-order valence-electron chi connectivity index (χ2n) is 4.30.